The number of rotatable bonds is 3. The summed E-state index contributed by atoms with van der Waals surface area (Å²) in [6.07, 6.45) is -0.0460. The smallest absolute Gasteiger partial charge is 0.324 e. The number of aryl methyl sites for hydroxylation is 1. The number of carbonyl (C=O) groups excluding carboxylic acids is 3. The van der Waals surface area contributed by atoms with Gasteiger partial charge in [0.05, 0.1) is 10.9 Å². The summed E-state index contributed by atoms with van der Waals surface area (Å²) in [5.74, 6) is -0.677. The third-order valence-electron chi connectivity index (χ3n) is 3.70. The highest BCUT2D eigenvalue weighted by Crippen LogP contribution is 2.36. The molecular weight excluding hydrogens is 352 g/mol. The molecule has 0 unspecified atom stereocenters. The van der Waals surface area contributed by atoms with E-state index in [0.29, 0.717) is 5.69 Å². The first kappa shape index (κ1) is 17.8. The summed E-state index contributed by atoms with van der Waals surface area (Å²) in [4.78, 5) is 36.8. The van der Waals surface area contributed by atoms with Crippen molar-refractivity contribution in [2.45, 2.75) is 23.5 Å². The molecule has 0 saturated carbocycles. The lowest BCUT2D eigenvalue weighted by Gasteiger charge is -2.23. The Balaban J connectivity index is 1.47. The topological polar surface area (TPSA) is 99.3 Å². The summed E-state index contributed by atoms with van der Waals surface area (Å²) in [6, 6.07) is 14.1. The SMILES string of the molecule is Cc1ccc(NC(=O)NNC(=O)C[C@@H]2Sc3ccccc3NC2=O)cc1. The van der Waals surface area contributed by atoms with Crippen LogP contribution < -0.4 is 21.5 Å². The predicted molar refractivity (Wildman–Crippen MR) is 101 cm³/mol. The molecule has 1 heterocycles. The zero-order chi connectivity index (χ0) is 18.5. The lowest BCUT2D eigenvalue weighted by atomic mass is 10.2. The van der Waals surface area contributed by atoms with Crippen LogP contribution in [-0.4, -0.2) is 23.1 Å². The first-order chi connectivity index (χ1) is 12.5. The minimum absolute atomic E-state index is 0.0460. The maximum Gasteiger partial charge on any atom is 0.337 e. The van der Waals surface area contributed by atoms with Crippen LogP contribution in [0.1, 0.15) is 12.0 Å². The lowest BCUT2D eigenvalue weighted by molar-refractivity contribution is -0.124. The van der Waals surface area contributed by atoms with E-state index in [2.05, 4.69) is 21.5 Å². The highest BCUT2D eigenvalue weighted by atomic mass is 32.2. The largest absolute Gasteiger partial charge is 0.337 e. The molecule has 1 atom stereocenters. The van der Waals surface area contributed by atoms with Gasteiger partial charge in [0.2, 0.25) is 11.8 Å². The summed E-state index contributed by atoms with van der Waals surface area (Å²) in [5, 5.41) is 4.83. The maximum absolute atomic E-state index is 12.1. The summed E-state index contributed by atoms with van der Waals surface area (Å²) in [5.41, 5.74) is 7.03. The van der Waals surface area contributed by atoms with E-state index < -0.39 is 17.2 Å². The van der Waals surface area contributed by atoms with Gasteiger partial charge in [-0.3, -0.25) is 15.0 Å². The van der Waals surface area contributed by atoms with Gasteiger partial charge in [-0.2, -0.15) is 0 Å². The molecule has 0 fully saturated rings. The number of hydrazine groups is 1. The van der Waals surface area contributed by atoms with Crippen molar-refractivity contribution in [3.63, 3.8) is 0 Å². The van der Waals surface area contributed by atoms with Crippen molar-refractivity contribution >= 4 is 41.0 Å². The van der Waals surface area contributed by atoms with Crippen LogP contribution in [0, 0.1) is 6.92 Å². The monoisotopic (exact) mass is 370 g/mol. The van der Waals surface area contributed by atoms with Crippen LogP contribution in [0.4, 0.5) is 16.2 Å². The minimum atomic E-state index is -0.562. The molecule has 4 N–H and O–H groups in total. The average molecular weight is 370 g/mol. The van der Waals surface area contributed by atoms with Gasteiger partial charge in [0.25, 0.3) is 0 Å². The van der Waals surface area contributed by atoms with E-state index in [4.69, 9.17) is 0 Å². The Kier molecular flexibility index (Phi) is 5.43. The Morgan fingerprint density at radius 2 is 1.81 bits per heavy atom. The zero-order valence-corrected chi connectivity index (χ0v) is 14.9. The van der Waals surface area contributed by atoms with Gasteiger partial charge >= 0.3 is 6.03 Å². The van der Waals surface area contributed by atoms with Gasteiger partial charge in [0.15, 0.2) is 0 Å². The molecule has 8 heteroatoms. The molecule has 0 saturated heterocycles. The molecule has 26 heavy (non-hydrogen) atoms. The molecule has 1 aliphatic heterocycles. The van der Waals surface area contributed by atoms with E-state index in [1.54, 1.807) is 12.1 Å². The van der Waals surface area contributed by atoms with Crippen molar-refractivity contribution in [1.82, 2.24) is 10.9 Å². The average Bonchev–Trinajstić information content (AvgIpc) is 2.62. The van der Waals surface area contributed by atoms with E-state index in [9.17, 15) is 14.4 Å². The lowest BCUT2D eigenvalue weighted by Crippen LogP contribution is -2.45. The molecule has 0 radical (unpaired) electrons. The predicted octanol–water partition coefficient (Wildman–Crippen LogP) is 2.65. The van der Waals surface area contributed by atoms with Crippen LogP contribution in [0.5, 0.6) is 0 Å². The number of anilines is 2. The highest BCUT2D eigenvalue weighted by Gasteiger charge is 2.28. The molecular formula is C18H18N4O3S. The number of benzene rings is 2. The summed E-state index contributed by atoms with van der Waals surface area (Å²) in [6.45, 7) is 1.95. The normalized spacial score (nSPS) is 15.4. The number of thioether (sulfide) groups is 1. The van der Waals surface area contributed by atoms with Crippen molar-refractivity contribution in [3.8, 4) is 0 Å². The quantitative estimate of drug-likeness (QED) is 0.624. The van der Waals surface area contributed by atoms with E-state index in [1.165, 1.54) is 11.8 Å². The first-order valence-corrected chi connectivity index (χ1v) is 8.88. The van der Waals surface area contributed by atoms with E-state index >= 15 is 0 Å². The van der Waals surface area contributed by atoms with Gasteiger partial charge in [-0.15, -0.1) is 11.8 Å². The number of carbonyl (C=O) groups is 3. The Morgan fingerprint density at radius 1 is 1.08 bits per heavy atom. The third kappa shape index (κ3) is 4.54. The van der Waals surface area contributed by atoms with Crippen molar-refractivity contribution in [1.29, 1.82) is 0 Å². The second kappa shape index (κ2) is 7.92. The molecule has 134 valence electrons. The van der Waals surface area contributed by atoms with Crippen LogP contribution in [0.15, 0.2) is 53.4 Å². The molecule has 0 bridgehead atoms. The standard InChI is InChI=1S/C18H18N4O3S/c1-11-6-8-12(9-7-11)19-18(25)22-21-16(23)10-15-17(24)20-13-4-2-3-5-14(13)26-15/h2-9,15H,10H2,1H3,(H,20,24)(H,21,23)(H2,19,22,25)/t15-/m0/s1. The Morgan fingerprint density at radius 3 is 2.58 bits per heavy atom. The van der Waals surface area contributed by atoms with Crippen molar-refractivity contribution in [3.05, 3.63) is 54.1 Å². The van der Waals surface area contributed by atoms with Crippen molar-refractivity contribution in [2.75, 3.05) is 10.6 Å². The van der Waals surface area contributed by atoms with Gasteiger partial charge in [0.1, 0.15) is 0 Å². The first-order valence-electron chi connectivity index (χ1n) is 8.00. The number of para-hydroxylation sites is 1. The number of amides is 4. The van der Waals surface area contributed by atoms with E-state index in [1.807, 2.05) is 43.3 Å². The van der Waals surface area contributed by atoms with Gasteiger partial charge in [-0.1, -0.05) is 29.8 Å². The molecule has 2 aromatic carbocycles. The fraction of sp³-hybridized carbons (Fsp3) is 0.167. The molecule has 4 amide bonds. The Labute approximate surface area is 154 Å². The second-order valence-electron chi connectivity index (χ2n) is 5.79. The number of urea groups is 1. The van der Waals surface area contributed by atoms with E-state index in [-0.39, 0.29) is 12.3 Å². The van der Waals surface area contributed by atoms with Crippen LogP contribution >= 0.6 is 11.8 Å². The van der Waals surface area contributed by atoms with Crippen LogP contribution in [0.2, 0.25) is 0 Å². The van der Waals surface area contributed by atoms with Crippen LogP contribution in [-0.2, 0) is 9.59 Å². The maximum atomic E-state index is 12.1. The number of hydrogen-bond acceptors (Lipinski definition) is 4. The Hall–Kier alpha value is -3.00. The summed E-state index contributed by atoms with van der Waals surface area (Å²) < 4.78 is 0. The molecule has 3 rings (SSSR count). The fourth-order valence-electron chi connectivity index (χ4n) is 2.37. The molecule has 7 nitrogen and oxygen atoms in total. The molecule has 2 aromatic rings. The second-order valence-corrected chi connectivity index (χ2v) is 7.03. The van der Waals surface area contributed by atoms with Gasteiger partial charge in [-0.25, -0.2) is 10.2 Å². The van der Waals surface area contributed by atoms with Gasteiger partial charge in [-0.05, 0) is 31.2 Å². The van der Waals surface area contributed by atoms with Crippen molar-refractivity contribution in [2.24, 2.45) is 0 Å². The third-order valence-corrected chi connectivity index (χ3v) is 4.98. The Bertz CT molecular complexity index is 839. The summed E-state index contributed by atoms with van der Waals surface area (Å²) >= 11 is 1.33. The van der Waals surface area contributed by atoms with Crippen LogP contribution in [0.3, 0.4) is 0 Å². The number of hydrogen-bond donors (Lipinski definition) is 4. The minimum Gasteiger partial charge on any atom is -0.324 e. The van der Waals surface area contributed by atoms with E-state index in [0.717, 1.165) is 16.1 Å². The molecule has 0 aromatic heterocycles. The number of nitrogens with one attached hydrogen (secondary N) is 4. The van der Waals surface area contributed by atoms with Gasteiger partial charge < -0.3 is 10.6 Å². The zero-order valence-electron chi connectivity index (χ0n) is 14.0. The molecule has 1 aliphatic rings. The molecule has 0 spiro atoms. The van der Waals surface area contributed by atoms with Crippen molar-refractivity contribution < 1.29 is 14.4 Å². The highest BCUT2D eigenvalue weighted by molar-refractivity contribution is 8.01. The summed E-state index contributed by atoms with van der Waals surface area (Å²) in [7, 11) is 0. The number of fused-ring (bicyclic) bond motifs is 1. The fourth-order valence-corrected chi connectivity index (χ4v) is 3.48. The van der Waals surface area contributed by atoms with Gasteiger partial charge in [0, 0.05) is 17.0 Å². The van der Waals surface area contributed by atoms with Crippen LogP contribution in [0.25, 0.3) is 0 Å². The molecule has 0 aliphatic carbocycles.